The Morgan fingerprint density at radius 3 is 2.92 bits per heavy atom. The van der Waals surface area contributed by atoms with Crippen molar-refractivity contribution in [3.63, 3.8) is 0 Å². The van der Waals surface area contributed by atoms with E-state index in [4.69, 9.17) is 33.4 Å². The standard InChI is InChI=1S/C7H4Cl2N2O/c8-3-1-4-7(11-2-12-4)5(9)6(3)10/h1-2H,10H2. The molecule has 2 N–H and O–H groups in total. The number of rotatable bonds is 0. The molecule has 0 aliphatic carbocycles. The van der Waals surface area contributed by atoms with Crippen molar-refractivity contribution in [3.8, 4) is 0 Å². The molecule has 0 aliphatic heterocycles. The van der Waals surface area contributed by atoms with Crippen LogP contribution in [-0.4, -0.2) is 4.98 Å². The molecule has 5 heteroatoms. The van der Waals surface area contributed by atoms with E-state index in [0.717, 1.165) is 0 Å². The zero-order valence-electron chi connectivity index (χ0n) is 5.84. The van der Waals surface area contributed by atoms with Crippen molar-refractivity contribution < 1.29 is 4.42 Å². The third-order valence-electron chi connectivity index (χ3n) is 1.55. The van der Waals surface area contributed by atoms with Crippen LogP contribution in [0.1, 0.15) is 0 Å². The zero-order valence-corrected chi connectivity index (χ0v) is 7.36. The molecule has 1 aromatic carbocycles. The molecule has 12 heavy (non-hydrogen) atoms. The van der Waals surface area contributed by atoms with Gasteiger partial charge in [0.05, 0.1) is 15.7 Å². The number of anilines is 1. The van der Waals surface area contributed by atoms with E-state index in [1.165, 1.54) is 6.39 Å². The van der Waals surface area contributed by atoms with Gasteiger partial charge in [0.2, 0.25) is 0 Å². The lowest BCUT2D eigenvalue weighted by molar-refractivity contribution is 0.602. The van der Waals surface area contributed by atoms with Crippen molar-refractivity contribution in [2.24, 2.45) is 0 Å². The molecule has 0 atom stereocenters. The van der Waals surface area contributed by atoms with Gasteiger partial charge in [0.15, 0.2) is 12.0 Å². The van der Waals surface area contributed by atoms with Crippen molar-refractivity contribution in [2.45, 2.75) is 0 Å². The van der Waals surface area contributed by atoms with E-state index in [0.29, 0.717) is 26.8 Å². The lowest BCUT2D eigenvalue weighted by atomic mass is 10.3. The molecule has 1 heterocycles. The van der Waals surface area contributed by atoms with Gasteiger partial charge in [-0.1, -0.05) is 23.2 Å². The molecular formula is C7H4Cl2N2O. The van der Waals surface area contributed by atoms with Crippen LogP contribution >= 0.6 is 23.2 Å². The smallest absolute Gasteiger partial charge is 0.182 e. The maximum Gasteiger partial charge on any atom is 0.182 e. The molecule has 0 fully saturated rings. The van der Waals surface area contributed by atoms with Gasteiger partial charge in [-0.05, 0) is 0 Å². The van der Waals surface area contributed by atoms with Crippen molar-refractivity contribution in [1.29, 1.82) is 0 Å². The van der Waals surface area contributed by atoms with Crippen LogP contribution in [0.2, 0.25) is 10.0 Å². The van der Waals surface area contributed by atoms with Crippen molar-refractivity contribution >= 4 is 40.0 Å². The van der Waals surface area contributed by atoms with E-state index in [2.05, 4.69) is 4.98 Å². The van der Waals surface area contributed by atoms with Gasteiger partial charge in [0.1, 0.15) is 5.52 Å². The summed E-state index contributed by atoms with van der Waals surface area (Å²) in [5.41, 5.74) is 6.98. The number of hydrogen-bond acceptors (Lipinski definition) is 3. The van der Waals surface area contributed by atoms with Gasteiger partial charge in [0, 0.05) is 6.07 Å². The van der Waals surface area contributed by atoms with E-state index >= 15 is 0 Å². The maximum absolute atomic E-state index is 5.84. The second kappa shape index (κ2) is 2.54. The third-order valence-corrected chi connectivity index (χ3v) is 2.25. The van der Waals surface area contributed by atoms with Crippen LogP contribution in [0, 0.1) is 0 Å². The van der Waals surface area contributed by atoms with Gasteiger partial charge < -0.3 is 10.2 Å². The molecule has 0 bridgehead atoms. The Hall–Kier alpha value is -0.930. The van der Waals surface area contributed by atoms with Crippen LogP contribution < -0.4 is 5.73 Å². The van der Waals surface area contributed by atoms with Crippen LogP contribution in [0.4, 0.5) is 5.69 Å². The first-order chi connectivity index (χ1) is 5.70. The molecule has 0 radical (unpaired) electrons. The summed E-state index contributed by atoms with van der Waals surface area (Å²) in [6.45, 7) is 0. The highest BCUT2D eigenvalue weighted by molar-refractivity contribution is 6.42. The lowest BCUT2D eigenvalue weighted by Gasteiger charge is -1.99. The van der Waals surface area contributed by atoms with E-state index in [9.17, 15) is 0 Å². The first-order valence-electron chi connectivity index (χ1n) is 3.17. The van der Waals surface area contributed by atoms with Crippen molar-refractivity contribution in [3.05, 3.63) is 22.5 Å². The highest BCUT2D eigenvalue weighted by Crippen LogP contribution is 2.33. The molecule has 0 amide bonds. The highest BCUT2D eigenvalue weighted by Gasteiger charge is 2.10. The number of nitrogens with two attached hydrogens (primary N) is 1. The summed E-state index contributed by atoms with van der Waals surface area (Å²) in [5, 5.41) is 0.718. The summed E-state index contributed by atoms with van der Waals surface area (Å²) < 4.78 is 5.00. The number of nitrogens with zero attached hydrogens (tertiary/aromatic N) is 1. The number of oxazole rings is 1. The molecule has 62 valence electrons. The first kappa shape index (κ1) is 7.71. The Labute approximate surface area is 78.1 Å². The Morgan fingerprint density at radius 2 is 2.17 bits per heavy atom. The molecule has 2 aromatic rings. The molecule has 3 nitrogen and oxygen atoms in total. The fourth-order valence-electron chi connectivity index (χ4n) is 0.948. The normalized spacial score (nSPS) is 10.8. The van der Waals surface area contributed by atoms with E-state index in [-0.39, 0.29) is 0 Å². The minimum atomic E-state index is 0.333. The van der Waals surface area contributed by atoms with Gasteiger partial charge in [-0.25, -0.2) is 4.98 Å². The maximum atomic E-state index is 5.84. The molecule has 0 saturated heterocycles. The minimum absolute atomic E-state index is 0.333. The zero-order chi connectivity index (χ0) is 8.72. The van der Waals surface area contributed by atoms with Gasteiger partial charge in [-0.3, -0.25) is 0 Å². The average molecular weight is 203 g/mol. The second-order valence-corrected chi connectivity index (χ2v) is 3.07. The van der Waals surface area contributed by atoms with E-state index in [1.807, 2.05) is 0 Å². The first-order valence-corrected chi connectivity index (χ1v) is 3.92. The second-order valence-electron chi connectivity index (χ2n) is 2.29. The molecule has 1 aromatic heterocycles. The minimum Gasteiger partial charge on any atom is -0.443 e. The Morgan fingerprint density at radius 1 is 1.42 bits per heavy atom. The Balaban J connectivity index is 2.94. The number of benzene rings is 1. The summed E-state index contributed by atoms with van der Waals surface area (Å²) in [6.07, 6.45) is 1.30. The monoisotopic (exact) mass is 202 g/mol. The molecular weight excluding hydrogens is 199 g/mol. The number of aromatic nitrogens is 1. The number of nitrogen functional groups attached to an aromatic ring is 1. The van der Waals surface area contributed by atoms with Crippen LogP contribution in [0.3, 0.4) is 0 Å². The van der Waals surface area contributed by atoms with Gasteiger partial charge >= 0.3 is 0 Å². The highest BCUT2D eigenvalue weighted by atomic mass is 35.5. The van der Waals surface area contributed by atoms with Crippen molar-refractivity contribution in [2.75, 3.05) is 5.73 Å². The van der Waals surface area contributed by atoms with E-state index in [1.54, 1.807) is 6.07 Å². The van der Waals surface area contributed by atoms with Gasteiger partial charge in [-0.2, -0.15) is 0 Å². The molecule has 0 unspecified atom stereocenters. The number of fused-ring (bicyclic) bond motifs is 1. The fourth-order valence-corrected chi connectivity index (χ4v) is 1.43. The topological polar surface area (TPSA) is 52.0 Å². The lowest BCUT2D eigenvalue weighted by Crippen LogP contribution is -1.88. The summed E-state index contributed by atoms with van der Waals surface area (Å²) in [5.74, 6) is 0. The molecule has 0 spiro atoms. The summed E-state index contributed by atoms with van der Waals surface area (Å²) in [6, 6.07) is 1.59. The third kappa shape index (κ3) is 0.940. The SMILES string of the molecule is Nc1c(Cl)cc2ocnc2c1Cl. The largest absolute Gasteiger partial charge is 0.443 e. The molecule has 2 rings (SSSR count). The Kier molecular flexibility index (Phi) is 1.63. The van der Waals surface area contributed by atoms with Crippen molar-refractivity contribution in [1.82, 2.24) is 4.98 Å². The van der Waals surface area contributed by atoms with E-state index < -0.39 is 0 Å². The van der Waals surface area contributed by atoms with Crippen LogP contribution in [0.5, 0.6) is 0 Å². The molecule has 0 saturated carbocycles. The average Bonchev–Trinajstić information content (AvgIpc) is 2.48. The predicted octanol–water partition coefficient (Wildman–Crippen LogP) is 2.72. The summed E-state index contributed by atoms with van der Waals surface area (Å²) in [4.78, 5) is 3.88. The predicted molar refractivity (Wildman–Crippen MR) is 48.4 cm³/mol. The Bertz CT molecular complexity index is 438. The van der Waals surface area contributed by atoms with Crippen LogP contribution in [0.25, 0.3) is 11.1 Å². The number of hydrogen-bond donors (Lipinski definition) is 1. The quantitative estimate of drug-likeness (QED) is 0.669. The van der Waals surface area contributed by atoms with Crippen LogP contribution in [0.15, 0.2) is 16.9 Å². The van der Waals surface area contributed by atoms with Crippen LogP contribution in [-0.2, 0) is 0 Å². The number of halogens is 2. The van der Waals surface area contributed by atoms with Gasteiger partial charge in [0.25, 0.3) is 0 Å². The molecule has 0 aliphatic rings. The fraction of sp³-hybridized carbons (Fsp3) is 0. The summed E-state index contributed by atoms with van der Waals surface area (Å²) >= 11 is 11.6. The summed E-state index contributed by atoms with van der Waals surface area (Å²) in [7, 11) is 0. The van der Waals surface area contributed by atoms with Gasteiger partial charge in [-0.15, -0.1) is 0 Å².